The normalized spacial score (nSPS) is 13.8. The topological polar surface area (TPSA) is 31.0 Å². The molecular weight excluding hydrogens is 693 g/mol. The number of para-hydroxylation sites is 2. The van der Waals surface area contributed by atoms with Gasteiger partial charge in [0, 0.05) is 14.9 Å². The maximum atomic E-state index is 8.80. The van der Waals surface area contributed by atoms with Crippen molar-refractivity contribution < 1.29 is 8.53 Å². The molecule has 57 heavy (non-hydrogen) atoms. The van der Waals surface area contributed by atoms with Gasteiger partial charge in [-0.2, -0.15) is 0 Å². The Hall–Kier alpha value is -5.67. The van der Waals surface area contributed by atoms with E-state index in [0.717, 1.165) is 60.7 Å². The van der Waals surface area contributed by atoms with E-state index in [4.69, 9.17) is 13.5 Å². The van der Waals surface area contributed by atoms with Crippen molar-refractivity contribution in [1.82, 2.24) is 9.55 Å². The predicted molar refractivity (Wildman–Crippen MR) is 245 cm³/mol. The number of imidazole rings is 1. The third kappa shape index (κ3) is 6.14. The van der Waals surface area contributed by atoms with Gasteiger partial charge in [0.2, 0.25) is 0 Å². The van der Waals surface area contributed by atoms with Gasteiger partial charge in [0.1, 0.15) is 17.0 Å². The van der Waals surface area contributed by atoms with Crippen LogP contribution in [0.3, 0.4) is 0 Å². The number of aryl methyl sites for hydroxylation is 1. The van der Waals surface area contributed by atoms with Crippen LogP contribution in [-0.2, 0) is 10.8 Å². The summed E-state index contributed by atoms with van der Waals surface area (Å²) in [5.74, 6) is 0.849. The molecule has 0 N–H and O–H groups in total. The summed E-state index contributed by atoms with van der Waals surface area (Å²) in [6, 6.07) is 40.7. The second-order valence-electron chi connectivity index (χ2n) is 18.7. The van der Waals surface area contributed by atoms with Crippen molar-refractivity contribution >= 4 is 54.5 Å². The molecule has 0 radical (unpaired) electrons. The molecule has 3 nitrogen and oxygen atoms in total. The first-order chi connectivity index (χ1) is 28.3. The molecule has 0 amide bonds. The zero-order valence-corrected chi connectivity index (χ0v) is 34.9. The Balaban J connectivity index is 1.38. The highest BCUT2D eigenvalue weighted by molar-refractivity contribution is 6.17. The third-order valence-electron chi connectivity index (χ3n) is 11.9. The fourth-order valence-corrected chi connectivity index (χ4v) is 8.65. The highest BCUT2D eigenvalue weighted by Crippen LogP contribution is 2.45. The number of hydrogen-bond acceptors (Lipinski definition) is 2. The van der Waals surface area contributed by atoms with Crippen LogP contribution in [0.15, 0.2) is 120 Å². The summed E-state index contributed by atoms with van der Waals surface area (Å²) < 4.78 is 35.5. The highest BCUT2D eigenvalue weighted by Gasteiger charge is 2.27. The maximum Gasteiger partial charge on any atom is 0.149 e. The quantitative estimate of drug-likeness (QED) is 0.164. The van der Waals surface area contributed by atoms with Crippen LogP contribution >= 0.6 is 0 Å². The molecule has 0 spiro atoms. The minimum Gasteiger partial charge on any atom is -0.455 e. The summed E-state index contributed by atoms with van der Waals surface area (Å²) >= 11 is 0. The fraction of sp³-hybridized carbons (Fsp3) is 0.278. The van der Waals surface area contributed by atoms with Gasteiger partial charge in [0.25, 0.3) is 0 Å². The van der Waals surface area contributed by atoms with Crippen LogP contribution in [0.25, 0.3) is 82.7 Å². The zero-order valence-electron chi connectivity index (χ0n) is 37.9. The lowest BCUT2D eigenvalue weighted by molar-refractivity contribution is 0.569. The largest absolute Gasteiger partial charge is 0.455 e. The molecule has 2 heterocycles. The fourth-order valence-electron chi connectivity index (χ4n) is 8.65. The van der Waals surface area contributed by atoms with Crippen LogP contribution in [-0.4, -0.2) is 9.55 Å². The average Bonchev–Trinajstić information content (AvgIpc) is 3.76. The minimum absolute atomic E-state index is 0.0355. The van der Waals surface area contributed by atoms with Gasteiger partial charge in [-0.3, -0.25) is 4.57 Å². The number of hydrogen-bond donors (Lipinski definition) is 0. The Bertz CT molecular complexity index is 3100. The summed E-state index contributed by atoms with van der Waals surface area (Å²) in [5.41, 5.74) is 12.0. The molecule has 286 valence electrons. The molecule has 3 heteroatoms. The summed E-state index contributed by atoms with van der Waals surface area (Å²) in [5, 5.41) is 6.68. The monoisotopic (exact) mass is 749 g/mol. The van der Waals surface area contributed by atoms with E-state index >= 15 is 0 Å². The molecule has 7 aromatic carbocycles. The van der Waals surface area contributed by atoms with Crippen molar-refractivity contribution in [2.75, 3.05) is 0 Å². The number of furan rings is 1. The minimum atomic E-state index is -2.38. The van der Waals surface area contributed by atoms with Crippen molar-refractivity contribution in [3.63, 3.8) is 0 Å². The number of benzene rings is 7. The number of nitrogens with zero attached hydrogens (tertiary/aromatic N) is 2. The first kappa shape index (κ1) is 33.5. The van der Waals surface area contributed by atoms with Crippen molar-refractivity contribution in [1.29, 1.82) is 0 Å². The second kappa shape index (κ2) is 13.2. The molecule has 0 unspecified atom stereocenters. The van der Waals surface area contributed by atoms with E-state index in [2.05, 4.69) is 171 Å². The van der Waals surface area contributed by atoms with Crippen molar-refractivity contribution in [2.45, 2.75) is 98.8 Å². The van der Waals surface area contributed by atoms with Gasteiger partial charge in [-0.25, -0.2) is 4.98 Å². The third-order valence-corrected chi connectivity index (χ3v) is 11.9. The summed E-state index contributed by atoms with van der Waals surface area (Å²) in [4.78, 5) is 5.36. The molecule has 0 saturated heterocycles. The van der Waals surface area contributed by atoms with Gasteiger partial charge in [0.15, 0.2) is 0 Å². The maximum absolute atomic E-state index is 8.80. The second-order valence-corrected chi connectivity index (χ2v) is 18.7. The molecule has 9 aromatic rings. The molecule has 0 bridgehead atoms. The van der Waals surface area contributed by atoms with Gasteiger partial charge in [0.05, 0.1) is 22.3 Å². The van der Waals surface area contributed by atoms with Gasteiger partial charge in [-0.1, -0.05) is 148 Å². The van der Waals surface area contributed by atoms with Crippen LogP contribution in [0.2, 0.25) is 0 Å². The Morgan fingerprint density at radius 2 is 1.23 bits per heavy atom. The number of aromatic nitrogens is 2. The van der Waals surface area contributed by atoms with Crippen LogP contribution in [0.5, 0.6) is 0 Å². The standard InChI is InChI=1S/C54H54N2O/c1-31(2)43-27-37(36-24-38(53(6,7)8)29-39(25-36)54(9,10)11)28-44(32(3)4)50(43)56-49-33(5)16-14-21-47(49)55-52(56)42-20-15-19-41-46-26-35-23-22-34-17-12-13-18-40(34)45(35)30-48(46)57-51(41)42/h12-32H,1-11H3/i5D3. The highest BCUT2D eigenvalue weighted by atomic mass is 16.3. The van der Waals surface area contributed by atoms with E-state index in [-0.39, 0.29) is 28.2 Å². The van der Waals surface area contributed by atoms with Gasteiger partial charge < -0.3 is 4.42 Å². The number of fused-ring (bicyclic) bond motifs is 7. The Kier molecular flexibility index (Phi) is 7.75. The van der Waals surface area contributed by atoms with E-state index in [1.165, 1.54) is 27.5 Å². The molecule has 0 aliphatic carbocycles. The van der Waals surface area contributed by atoms with Crippen LogP contribution in [0, 0.1) is 6.85 Å². The smallest absolute Gasteiger partial charge is 0.149 e. The van der Waals surface area contributed by atoms with E-state index in [1.807, 2.05) is 12.1 Å². The van der Waals surface area contributed by atoms with Crippen LogP contribution in [0.4, 0.5) is 0 Å². The lowest BCUT2D eigenvalue weighted by atomic mass is 9.78. The number of rotatable bonds is 5. The summed E-state index contributed by atoms with van der Waals surface area (Å²) in [7, 11) is 0. The predicted octanol–water partition coefficient (Wildman–Crippen LogP) is 15.7. The summed E-state index contributed by atoms with van der Waals surface area (Å²) in [6.07, 6.45) is 0. The van der Waals surface area contributed by atoms with Crippen molar-refractivity contribution in [3.8, 4) is 28.2 Å². The molecule has 0 fully saturated rings. The molecule has 0 aliphatic rings. The van der Waals surface area contributed by atoms with Gasteiger partial charge in [-0.15, -0.1) is 0 Å². The van der Waals surface area contributed by atoms with Crippen LogP contribution in [0.1, 0.15) is 113 Å². The van der Waals surface area contributed by atoms with E-state index in [1.54, 1.807) is 6.07 Å². The van der Waals surface area contributed by atoms with E-state index in [0.29, 0.717) is 16.9 Å². The summed E-state index contributed by atoms with van der Waals surface area (Å²) in [6.45, 7) is 20.2. The SMILES string of the molecule is [2H]C([2H])([2H])c1cccc2nc(-c3cccc4c3oc3cc5c(ccc6ccccc65)cc34)n(-c3c(C(C)C)cc(-c4cc(C(C)(C)C)cc(C(C)(C)C)c4)cc3C(C)C)c12. The van der Waals surface area contributed by atoms with Crippen LogP contribution < -0.4 is 0 Å². The van der Waals surface area contributed by atoms with E-state index < -0.39 is 6.85 Å². The van der Waals surface area contributed by atoms with E-state index in [9.17, 15) is 0 Å². The first-order valence-corrected chi connectivity index (χ1v) is 20.4. The Morgan fingerprint density at radius 3 is 1.89 bits per heavy atom. The van der Waals surface area contributed by atoms with Gasteiger partial charge in [-0.05, 0) is 126 Å². The molecule has 2 aromatic heterocycles. The lowest BCUT2D eigenvalue weighted by Crippen LogP contribution is -2.16. The average molecular weight is 750 g/mol. The Morgan fingerprint density at radius 1 is 0.596 bits per heavy atom. The molecule has 0 saturated carbocycles. The Labute approximate surface area is 341 Å². The molecule has 9 rings (SSSR count). The van der Waals surface area contributed by atoms with Gasteiger partial charge >= 0.3 is 0 Å². The lowest BCUT2D eigenvalue weighted by Gasteiger charge is -2.28. The van der Waals surface area contributed by atoms with Crippen molar-refractivity contribution in [2.24, 2.45) is 0 Å². The molecule has 0 atom stereocenters. The van der Waals surface area contributed by atoms with Crippen molar-refractivity contribution in [3.05, 3.63) is 143 Å². The zero-order chi connectivity index (χ0) is 42.6. The molecule has 0 aliphatic heterocycles. The molecular formula is C54H54N2O. The first-order valence-electron chi connectivity index (χ1n) is 21.9.